The van der Waals surface area contributed by atoms with E-state index in [9.17, 15) is 22.8 Å². The number of carboxylic acid groups (broad SMARTS) is 1. The Hall–Kier alpha value is -5.05. The molecule has 1 fully saturated rings. The minimum absolute atomic E-state index is 0.280. The first-order valence-corrected chi connectivity index (χ1v) is 14.2. The van der Waals surface area contributed by atoms with E-state index in [0.717, 1.165) is 60.8 Å². The molecule has 0 bridgehead atoms. The van der Waals surface area contributed by atoms with Crippen molar-refractivity contribution in [1.29, 1.82) is 0 Å². The average molecular weight is 625 g/mol. The van der Waals surface area contributed by atoms with Gasteiger partial charge in [-0.3, -0.25) is 18.8 Å². The highest BCUT2D eigenvalue weighted by Crippen LogP contribution is 2.28. The van der Waals surface area contributed by atoms with Gasteiger partial charge < -0.3 is 14.6 Å². The van der Waals surface area contributed by atoms with Crippen molar-refractivity contribution in [3.63, 3.8) is 0 Å². The summed E-state index contributed by atoms with van der Waals surface area (Å²) in [6, 6.07) is 18.2. The quantitative estimate of drug-likeness (QED) is 0.303. The summed E-state index contributed by atoms with van der Waals surface area (Å²) in [7, 11) is 3.43. The molecule has 1 aliphatic heterocycles. The SMILES string of the molecule is Cn1cnc2c1c(=O)n(CCCN1CCN(c3nc(-c4ccccc4)nc4ccccc34)CC1)c(=O)n2C.O=C(O)C(F)(F)F. The summed E-state index contributed by atoms with van der Waals surface area (Å²) in [6.07, 6.45) is -2.80. The standard InChI is InChI=1S/C28H30N8O2.C2HF3O2/c1-32-19-29-26-23(32)27(37)36(28(38)33(26)2)14-8-13-34-15-17-35(18-16-34)25-21-11-6-7-12-22(21)30-24(31-25)20-9-4-3-5-10-20;3-2(4,5)1(6)7/h3-7,9-12,19H,8,13-18H2,1-2H3;(H,6,7). The third kappa shape index (κ3) is 6.72. The fourth-order valence-electron chi connectivity index (χ4n) is 5.25. The lowest BCUT2D eigenvalue weighted by molar-refractivity contribution is -0.192. The van der Waals surface area contributed by atoms with Gasteiger partial charge in [0.15, 0.2) is 17.0 Å². The van der Waals surface area contributed by atoms with Crippen LogP contribution in [0.5, 0.6) is 0 Å². The van der Waals surface area contributed by atoms with Gasteiger partial charge in [0.2, 0.25) is 0 Å². The minimum atomic E-state index is -5.08. The molecule has 0 aliphatic carbocycles. The summed E-state index contributed by atoms with van der Waals surface area (Å²) in [5.74, 6) is -1.06. The van der Waals surface area contributed by atoms with E-state index in [2.05, 4.69) is 20.9 Å². The van der Waals surface area contributed by atoms with E-state index in [1.807, 2.05) is 48.5 Å². The number of benzene rings is 2. The van der Waals surface area contributed by atoms with E-state index in [1.54, 1.807) is 25.0 Å². The van der Waals surface area contributed by atoms with Crippen molar-refractivity contribution in [3.8, 4) is 11.4 Å². The van der Waals surface area contributed by atoms with Crippen molar-refractivity contribution in [2.75, 3.05) is 37.6 Å². The number of para-hydroxylation sites is 1. The zero-order valence-electron chi connectivity index (χ0n) is 24.6. The molecule has 12 nitrogen and oxygen atoms in total. The van der Waals surface area contributed by atoms with Crippen molar-refractivity contribution in [3.05, 3.63) is 81.8 Å². The number of aromatic nitrogens is 6. The number of rotatable bonds is 6. The van der Waals surface area contributed by atoms with E-state index in [0.29, 0.717) is 24.1 Å². The lowest BCUT2D eigenvalue weighted by atomic mass is 10.1. The first-order chi connectivity index (χ1) is 21.5. The Labute approximate surface area is 254 Å². The summed E-state index contributed by atoms with van der Waals surface area (Å²) in [6.45, 7) is 4.64. The average Bonchev–Trinajstić information content (AvgIpc) is 3.43. The molecular formula is C30H31F3N8O4. The van der Waals surface area contributed by atoms with Crippen LogP contribution < -0.4 is 16.1 Å². The van der Waals surface area contributed by atoms with Crippen LogP contribution in [0.2, 0.25) is 0 Å². The third-order valence-electron chi connectivity index (χ3n) is 7.59. The molecule has 0 spiro atoms. The predicted octanol–water partition coefficient (Wildman–Crippen LogP) is 2.89. The highest BCUT2D eigenvalue weighted by Gasteiger charge is 2.38. The number of aliphatic carboxylic acids is 1. The van der Waals surface area contributed by atoms with Crippen LogP contribution >= 0.6 is 0 Å². The van der Waals surface area contributed by atoms with E-state index >= 15 is 0 Å². The van der Waals surface area contributed by atoms with Gasteiger partial charge >= 0.3 is 17.8 Å². The Morgan fingerprint density at radius 2 is 1.56 bits per heavy atom. The van der Waals surface area contributed by atoms with Crippen LogP contribution in [0.4, 0.5) is 19.0 Å². The predicted molar refractivity (Wildman–Crippen MR) is 162 cm³/mol. The molecule has 1 N–H and O–H groups in total. The summed E-state index contributed by atoms with van der Waals surface area (Å²) in [4.78, 5) is 53.4. The Bertz CT molecular complexity index is 1950. The number of halogens is 3. The second kappa shape index (κ2) is 12.9. The molecule has 0 radical (unpaired) electrons. The van der Waals surface area contributed by atoms with Gasteiger partial charge in [0, 0.05) is 57.8 Å². The van der Waals surface area contributed by atoms with E-state index in [-0.39, 0.29) is 11.2 Å². The fraction of sp³-hybridized carbons (Fsp3) is 0.333. The maximum Gasteiger partial charge on any atom is 0.490 e. The molecule has 3 aromatic heterocycles. The molecule has 236 valence electrons. The molecular weight excluding hydrogens is 593 g/mol. The molecule has 2 aromatic carbocycles. The van der Waals surface area contributed by atoms with Crippen molar-refractivity contribution in [2.24, 2.45) is 14.1 Å². The Kier molecular flexibility index (Phi) is 8.99. The number of imidazole rings is 1. The molecule has 0 atom stereocenters. The van der Waals surface area contributed by atoms with Crippen LogP contribution in [-0.2, 0) is 25.4 Å². The maximum atomic E-state index is 13.0. The van der Waals surface area contributed by atoms with Crippen molar-refractivity contribution >= 4 is 33.9 Å². The number of fused-ring (bicyclic) bond motifs is 2. The van der Waals surface area contributed by atoms with Crippen molar-refractivity contribution in [1.82, 2.24) is 33.6 Å². The maximum absolute atomic E-state index is 13.0. The molecule has 1 aliphatic rings. The smallest absolute Gasteiger partial charge is 0.475 e. The summed E-state index contributed by atoms with van der Waals surface area (Å²) >= 11 is 0. The number of anilines is 1. The largest absolute Gasteiger partial charge is 0.490 e. The monoisotopic (exact) mass is 624 g/mol. The number of hydrogen-bond donors (Lipinski definition) is 1. The van der Waals surface area contributed by atoms with Gasteiger partial charge in [-0.1, -0.05) is 42.5 Å². The van der Waals surface area contributed by atoms with E-state index in [1.165, 1.54) is 9.13 Å². The third-order valence-corrected chi connectivity index (χ3v) is 7.59. The Morgan fingerprint density at radius 3 is 2.22 bits per heavy atom. The number of hydrogen-bond acceptors (Lipinski definition) is 8. The van der Waals surface area contributed by atoms with Crippen LogP contribution in [0, 0.1) is 0 Å². The lowest BCUT2D eigenvalue weighted by Crippen LogP contribution is -2.47. The lowest BCUT2D eigenvalue weighted by Gasteiger charge is -2.36. The summed E-state index contributed by atoms with van der Waals surface area (Å²) < 4.78 is 36.2. The second-order valence-electron chi connectivity index (χ2n) is 10.6. The minimum Gasteiger partial charge on any atom is -0.475 e. The van der Waals surface area contributed by atoms with Gasteiger partial charge in [-0.2, -0.15) is 13.2 Å². The molecule has 4 heterocycles. The number of piperazine rings is 1. The summed E-state index contributed by atoms with van der Waals surface area (Å²) in [5.41, 5.74) is 2.21. The molecule has 0 amide bonds. The number of carboxylic acids is 1. The summed E-state index contributed by atoms with van der Waals surface area (Å²) in [5, 5.41) is 8.18. The molecule has 0 unspecified atom stereocenters. The topological polar surface area (TPSA) is 131 Å². The molecule has 15 heteroatoms. The van der Waals surface area contributed by atoms with E-state index < -0.39 is 12.1 Å². The molecule has 6 rings (SSSR count). The van der Waals surface area contributed by atoms with Crippen molar-refractivity contribution < 1.29 is 23.1 Å². The number of alkyl halides is 3. The van der Waals surface area contributed by atoms with Crippen LogP contribution in [0.1, 0.15) is 6.42 Å². The van der Waals surface area contributed by atoms with Crippen LogP contribution in [-0.4, -0.2) is 83.5 Å². The molecule has 0 saturated carbocycles. The van der Waals surface area contributed by atoms with Gasteiger partial charge in [0.05, 0.1) is 11.8 Å². The normalized spacial score (nSPS) is 14.0. The Balaban J connectivity index is 0.000000515. The van der Waals surface area contributed by atoms with Crippen LogP contribution in [0.3, 0.4) is 0 Å². The number of nitrogens with zero attached hydrogens (tertiary/aromatic N) is 8. The first kappa shape index (κ1) is 31.4. The van der Waals surface area contributed by atoms with Gasteiger partial charge in [-0.15, -0.1) is 0 Å². The second-order valence-corrected chi connectivity index (χ2v) is 10.6. The zero-order valence-corrected chi connectivity index (χ0v) is 24.6. The Morgan fingerprint density at radius 1 is 0.911 bits per heavy atom. The number of aryl methyl sites for hydroxylation is 2. The van der Waals surface area contributed by atoms with E-state index in [4.69, 9.17) is 19.9 Å². The van der Waals surface area contributed by atoms with Gasteiger partial charge in [0.25, 0.3) is 5.56 Å². The van der Waals surface area contributed by atoms with Crippen molar-refractivity contribution in [2.45, 2.75) is 19.1 Å². The molecule has 5 aromatic rings. The number of carbonyl (C=O) groups is 1. The van der Waals surface area contributed by atoms with Crippen LogP contribution in [0.15, 0.2) is 70.5 Å². The highest BCUT2D eigenvalue weighted by molar-refractivity contribution is 5.91. The van der Waals surface area contributed by atoms with Gasteiger partial charge in [-0.25, -0.2) is 24.5 Å². The van der Waals surface area contributed by atoms with Crippen LogP contribution in [0.25, 0.3) is 33.5 Å². The molecule has 1 saturated heterocycles. The molecule has 45 heavy (non-hydrogen) atoms. The first-order valence-electron chi connectivity index (χ1n) is 14.2. The van der Waals surface area contributed by atoms with Gasteiger partial charge in [-0.05, 0) is 25.1 Å². The highest BCUT2D eigenvalue weighted by atomic mass is 19.4. The van der Waals surface area contributed by atoms with Gasteiger partial charge in [0.1, 0.15) is 5.82 Å². The fourth-order valence-corrected chi connectivity index (χ4v) is 5.25. The zero-order chi connectivity index (χ0) is 32.3.